The molecule has 1 fully saturated rings. The SMILES string of the molecule is C[C@H](NC(=O)CN1CCN(c2ccc(F)cc2)CC1)c1cccs1. The lowest BCUT2D eigenvalue weighted by atomic mass is 10.2. The van der Waals surface area contributed by atoms with Gasteiger partial charge >= 0.3 is 0 Å². The fourth-order valence-corrected chi connectivity index (χ4v) is 3.65. The predicted octanol–water partition coefficient (Wildman–Crippen LogP) is 2.89. The molecule has 1 atom stereocenters. The number of anilines is 1. The second kappa shape index (κ2) is 7.77. The van der Waals surface area contributed by atoms with Crippen LogP contribution in [0, 0.1) is 5.82 Å². The normalized spacial score (nSPS) is 16.8. The van der Waals surface area contributed by atoms with Crippen molar-refractivity contribution in [2.24, 2.45) is 0 Å². The van der Waals surface area contributed by atoms with Crippen LogP contribution < -0.4 is 10.2 Å². The van der Waals surface area contributed by atoms with Crippen molar-refractivity contribution in [3.8, 4) is 0 Å². The zero-order valence-electron chi connectivity index (χ0n) is 13.7. The molecule has 1 aliphatic heterocycles. The fraction of sp³-hybridized carbons (Fsp3) is 0.389. The summed E-state index contributed by atoms with van der Waals surface area (Å²) in [5.41, 5.74) is 1.03. The average molecular weight is 347 g/mol. The van der Waals surface area contributed by atoms with E-state index in [2.05, 4.69) is 15.1 Å². The highest BCUT2D eigenvalue weighted by Crippen LogP contribution is 2.19. The van der Waals surface area contributed by atoms with Crippen LogP contribution in [0.25, 0.3) is 0 Å². The van der Waals surface area contributed by atoms with Crippen molar-refractivity contribution in [2.45, 2.75) is 13.0 Å². The molecule has 0 spiro atoms. The van der Waals surface area contributed by atoms with Crippen molar-refractivity contribution in [1.29, 1.82) is 0 Å². The highest BCUT2D eigenvalue weighted by Gasteiger charge is 2.20. The molecular formula is C18H22FN3OS. The highest BCUT2D eigenvalue weighted by molar-refractivity contribution is 7.10. The van der Waals surface area contributed by atoms with Gasteiger partial charge in [0.05, 0.1) is 12.6 Å². The number of carbonyl (C=O) groups excluding carboxylic acids is 1. The first kappa shape index (κ1) is 16.9. The van der Waals surface area contributed by atoms with Gasteiger partial charge in [-0.05, 0) is 42.6 Å². The summed E-state index contributed by atoms with van der Waals surface area (Å²) in [5.74, 6) is -0.153. The van der Waals surface area contributed by atoms with Gasteiger partial charge < -0.3 is 10.2 Å². The lowest BCUT2D eigenvalue weighted by Crippen LogP contribution is -2.49. The lowest BCUT2D eigenvalue weighted by molar-refractivity contribution is -0.122. The standard InChI is InChI=1S/C18H22FN3OS/c1-14(17-3-2-12-24-17)20-18(23)13-21-8-10-22(11-9-21)16-6-4-15(19)5-7-16/h2-7,12,14H,8-11,13H2,1H3,(H,20,23)/t14-/m0/s1. The molecule has 0 bridgehead atoms. The second-order valence-electron chi connectivity index (χ2n) is 6.04. The van der Waals surface area contributed by atoms with Crippen molar-refractivity contribution in [1.82, 2.24) is 10.2 Å². The summed E-state index contributed by atoms with van der Waals surface area (Å²) >= 11 is 1.66. The molecule has 1 saturated heterocycles. The molecule has 4 nitrogen and oxygen atoms in total. The number of hydrogen-bond acceptors (Lipinski definition) is 4. The van der Waals surface area contributed by atoms with Crippen molar-refractivity contribution in [3.05, 3.63) is 52.5 Å². The van der Waals surface area contributed by atoms with Crippen LogP contribution in [0.3, 0.4) is 0 Å². The summed E-state index contributed by atoms with van der Waals surface area (Å²) in [6.07, 6.45) is 0. The van der Waals surface area contributed by atoms with Gasteiger partial charge in [-0.2, -0.15) is 0 Å². The van der Waals surface area contributed by atoms with Crippen molar-refractivity contribution < 1.29 is 9.18 Å². The number of thiophene rings is 1. The molecule has 6 heteroatoms. The van der Waals surface area contributed by atoms with Gasteiger partial charge in [-0.1, -0.05) is 6.07 Å². The molecule has 2 heterocycles. The third-order valence-electron chi connectivity index (χ3n) is 4.28. The van der Waals surface area contributed by atoms with Crippen LogP contribution in [0.5, 0.6) is 0 Å². The van der Waals surface area contributed by atoms with Crippen LogP contribution in [-0.2, 0) is 4.79 Å². The Morgan fingerprint density at radius 2 is 1.92 bits per heavy atom. The van der Waals surface area contributed by atoms with Gasteiger partial charge in [0.15, 0.2) is 0 Å². The number of halogens is 1. The van der Waals surface area contributed by atoms with E-state index >= 15 is 0 Å². The van der Waals surface area contributed by atoms with Gasteiger partial charge in [-0.15, -0.1) is 11.3 Å². The van der Waals surface area contributed by atoms with Crippen LogP contribution in [-0.4, -0.2) is 43.5 Å². The average Bonchev–Trinajstić information content (AvgIpc) is 3.11. The molecule has 0 saturated carbocycles. The summed E-state index contributed by atoms with van der Waals surface area (Å²) in [7, 11) is 0. The van der Waals surface area contributed by atoms with E-state index in [0.29, 0.717) is 6.54 Å². The van der Waals surface area contributed by atoms with Crippen molar-refractivity contribution >= 4 is 22.9 Å². The molecule has 24 heavy (non-hydrogen) atoms. The van der Waals surface area contributed by atoms with E-state index in [1.54, 1.807) is 23.5 Å². The Kier molecular flexibility index (Phi) is 5.48. The van der Waals surface area contributed by atoms with Gasteiger partial charge in [0.1, 0.15) is 5.82 Å². The topological polar surface area (TPSA) is 35.6 Å². The first-order valence-corrected chi connectivity index (χ1v) is 9.05. The first-order chi connectivity index (χ1) is 11.6. The Labute approximate surface area is 145 Å². The Morgan fingerprint density at radius 3 is 2.54 bits per heavy atom. The summed E-state index contributed by atoms with van der Waals surface area (Å²) in [6, 6.07) is 10.7. The predicted molar refractivity (Wildman–Crippen MR) is 95.9 cm³/mol. The van der Waals surface area contributed by atoms with Crippen molar-refractivity contribution in [3.63, 3.8) is 0 Å². The van der Waals surface area contributed by atoms with E-state index in [1.807, 2.05) is 24.4 Å². The zero-order chi connectivity index (χ0) is 16.9. The molecule has 3 rings (SSSR count). The number of piperazine rings is 1. The van der Waals surface area contributed by atoms with Gasteiger partial charge in [0, 0.05) is 36.7 Å². The number of nitrogens with one attached hydrogen (secondary N) is 1. The molecule has 1 aromatic heterocycles. The van der Waals surface area contributed by atoms with E-state index < -0.39 is 0 Å². The maximum Gasteiger partial charge on any atom is 0.234 e. The largest absolute Gasteiger partial charge is 0.369 e. The molecule has 0 radical (unpaired) electrons. The van der Waals surface area contributed by atoms with E-state index in [0.717, 1.165) is 31.9 Å². The minimum absolute atomic E-state index is 0.0537. The second-order valence-corrected chi connectivity index (χ2v) is 7.02. The molecular weight excluding hydrogens is 325 g/mol. The van der Waals surface area contributed by atoms with Crippen LogP contribution in [0.1, 0.15) is 17.8 Å². The third-order valence-corrected chi connectivity index (χ3v) is 5.33. The van der Waals surface area contributed by atoms with Crippen LogP contribution in [0.15, 0.2) is 41.8 Å². The molecule has 2 aromatic rings. The number of carbonyl (C=O) groups is 1. The zero-order valence-corrected chi connectivity index (χ0v) is 14.6. The quantitative estimate of drug-likeness (QED) is 0.903. The van der Waals surface area contributed by atoms with Crippen LogP contribution >= 0.6 is 11.3 Å². The van der Waals surface area contributed by atoms with Crippen molar-refractivity contribution in [2.75, 3.05) is 37.6 Å². The van der Waals surface area contributed by atoms with Gasteiger partial charge in [0.25, 0.3) is 0 Å². The summed E-state index contributed by atoms with van der Waals surface area (Å²) in [5, 5.41) is 5.07. The van der Waals surface area contributed by atoms with Gasteiger partial charge in [-0.3, -0.25) is 9.69 Å². The monoisotopic (exact) mass is 347 g/mol. The molecule has 1 amide bonds. The molecule has 1 aliphatic rings. The lowest BCUT2D eigenvalue weighted by Gasteiger charge is -2.35. The fourth-order valence-electron chi connectivity index (χ4n) is 2.92. The Balaban J connectivity index is 1.45. The van der Waals surface area contributed by atoms with E-state index in [4.69, 9.17) is 0 Å². The molecule has 0 aliphatic carbocycles. The van der Waals surface area contributed by atoms with Gasteiger partial charge in [0.2, 0.25) is 5.91 Å². The van der Waals surface area contributed by atoms with Gasteiger partial charge in [-0.25, -0.2) is 4.39 Å². The number of nitrogens with zero attached hydrogens (tertiary/aromatic N) is 2. The third kappa shape index (κ3) is 4.33. The Hall–Kier alpha value is -1.92. The maximum absolute atomic E-state index is 13.0. The summed E-state index contributed by atoms with van der Waals surface area (Å²) in [6.45, 7) is 5.79. The van der Waals surface area contributed by atoms with Crippen LogP contribution in [0.4, 0.5) is 10.1 Å². The number of hydrogen-bond donors (Lipinski definition) is 1. The molecule has 0 unspecified atom stereocenters. The summed E-state index contributed by atoms with van der Waals surface area (Å²) in [4.78, 5) is 17.8. The highest BCUT2D eigenvalue weighted by atomic mass is 32.1. The number of benzene rings is 1. The minimum Gasteiger partial charge on any atom is -0.369 e. The Morgan fingerprint density at radius 1 is 1.21 bits per heavy atom. The molecule has 1 aromatic carbocycles. The number of rotatable bonds is 5. The smallest absolute Gasteiger partial charge is 0.234 e. The molecule has 1 N–H and O–H groups in total. The Bertz CT molecular complexity index is 651. The van der Waals surface area contributed by atoms with E-state index in [-0.39, 0.29) is 17.8 Å². The maximum atomic E-state index is 13.0. The molecule has 128 valence electrons. The summed E-state index contributed by atoms with van der Waals surface area (Å²) < 4.78 is 13.0. The van der Waals surface area contributed by atoms with E-state index in [1.165, 1.54) is 17.0 Å². The van der Waals surface area contributed by atoms with Crippen LogP contribution in [0.2, 0.25) is 0 Å². The first-order valence-electron chi connectivity index (χ1n) is 8.17. The minimum atomic E-state index is -0.214. The number of amides is 1. The van der Waals surface area contributed by atoms with E-state index in [9.17, 15) is 9.18 Å².